The zero-order valence-electron chi connectivity index (χ0n) is 9.89. The van der Waals surface area contributed by atoms with E-state index in [-0.39, 0.29) is 6.61 Å². The van der Waals surface area contributed by atoms with E-state index in [2.05, 4.69) is 48.5 Å². The number of fused-ring (bicyclic) bond motifs is 1. The summed E-state index contributed by atoms with van der Waals surface area (Å²) < 4.78 is 31.6. The van der Waals surface area contributed by atoms with Gasteiger partial charge in [0.2, 0.25) is 0 Å². The molecule has 2 aromatic rings. The third-order valence-electron chi connectivity index (χ3n) is 1.66. The summed E-state index contributed by atoms with van der Waals surface area (Å²) >= 11 is 0. The Labute approximate surface area is 106 Å². The smallest absolute Gasteiger partial charge is 0.394 e. The molecule has 0 saturated heterocycles. The fraction of sp³-hybridized carbons (Fsp3) is 0.167. The molecule has 0 unspecified atom stereocenters. The first-order valence-corrected chi connectivity index (χ1v) is 6.52. The fourth-order valence-electron chi connectivity index (χ4n) is 1.13. The van der Waals surface area contributed by atoms with Gasteiger partial charge in [0.05, 0.1) is 0 Å². The van der Waals surface area contributed by atoms with Gasteiger partial charge >= 0.3 is 10.4 Å². The molecule has 18 heavy (non-hydrogen) atoms. The molecule has 0 amide bonds. The van der Waals surface area contributed by atoms with Crippen molar-refractivity contribution in [1.29, 1.82) is 0 Å². The Morgan fingerprint density at radius 2 is 1.06 bits per heavy atom. The van der Waals surface area contributed by atoms with Crippen molar-refractivity contribution in [2.24, 2.45) is 0 Å². The van der Waals surface area contributed by atoms with Gasteiger partial charge in [-0.3, -0.25) is 9.11 Å². The minimum atomic E-state index is -4.67. The van der Waals surface area contributed by atoms with E-state index in [1.165, 1.54) is 10.8 Å². The zero-order chi connectivity index (χ0) is 14.0. The predicted octanol–water partition coefficient (Wildman–Crippen LogP) is 2.19. The second kappa shape index (κ2) is 8.60. The summed E-state index contributed by atoms with van der Waals surface area (Å²) in [5.74, 6) is 0. The SMILES string of the molecule is CCO.O=S(=O)(O)O.c1ccc2ccccc2c1. The second-order valence-corrected chi connectivity index (χ2v) is 4.01. The Balaban J connectivity index is 0.000000309. The first-order chi connectivity index (χ1) is 8.38. The fourth-order valence-corrected chi connectivity index (χ4v) is 1.13. The van der Waals surface area contributed by atoms with Crippen LogP contribution in [-0.2, 0) is 10.4 Å². The molecule has 0 aliphatic rings. The maximum atomic E-state index is 8.74. The summed E-state index contributed by atoms with van der Waals surface area (Å²) in [7, 11) is -4.67. The molecule has 100 valence electrons. The van der Waals surface area contributed by atoms with Crippen LogP contribution in [0.1, 0.15) is 6.92 Å². The van der Waals surface area contributed by atoms with Gasteiger partial charge in [-0.25, -0.2) is 0 Å². The summed E-state index contributed by atoms with van der Waals surface area (Å²) in [6, 6.07) is 16.7. The van der Waals surface area contributed by atoms with E-state index in [0.29, 0.717) is 0 Å². The molecular formula is C12H16O5S. The van der Waals surface area contributed by atoms with E-state index in [0.717, 1.165) is 0 Å². The molecular weight excluding hydrogens is 256 g/mol. The lowest BCUT2D eigenvalue weighted by molar-refractivity contribution is 0.318. The first-order valence-electron chi connectivity index (χ1n) is 5.13. The van der Waals surface area contributed by atoms with Gasteiger partial charge in [-0.15, -0.1) is 0 Å². The highest BCUT2D eigenvalue weighted by molar-refractivity contribution is 7.79. The van der Waals surface area contributed by atoms with Crippen molar-refractivity contribution in [1.82, 2.24) is 0 Å². The van der Waals surface area contributed by atoms with Crippen LogP contribution in [0.4, 0.5) is 0 Å². The summed E-state index contributed by atoms with van der Waals surface area (Å²) in [5.41, 5.74) is 0. The maximum absolute atomic E-state index is 8.74. The summed E-state index contributed by atoms with van der Waals surface area (Å²) in [5, 5.41) is 10.2. The minimum Gasteiger partial charge on any atom is -0.397 e. The zero-order valence-corrected chi connectivity index (χ0v) is 10.7. The molecule has 0 heterocycles. The third-order valence-corrected chi connectivity index (χ3v) is 1.66. The standard InChI is InChI=1S/C10H8.C2H6O.H2O4S/c1-2-6-10-8-4-3-7-9(10)5-1;1-2-3;1-5(2,3)4/h1-8H;3H,2H2,1H3;(H2,1,2,3,4). The van der Waals surface area contributed by atoms with Crippen LogP contribution in [0.3, 0.4) is 0 Å². The molecule has 0 bridgehead atoms. The topological polar surface area (TPSA) is 94.8 Å². The second-order valence-electron chi connectivity index (χ2n) is 3.11. The summed E-state index contributed by atoms with van der Waals surface area (Å²) in [6.07, 6.45) is 0. The number of hydrogen-bond acceptors (Lipinski definition) is 3. The van der Waals surface area contributed by atoms with E-state index in [4.69, 9.17) is 22.6 Å². The van der Waals surface area contributed by atoms with Crippen molar-refractivity contribution in [3.8, 4) is 0 Å². The molecule has 0 fully saturated rings. The maximum Gasteiger partial charge on any atom is 0.394 e. The lowest BCUT2D eigenvalue weighted by Gasteiger charge is -1.92. The number of hydrogen-bond donors (Lipinski definition) is 3. The van der Waals surface area contributed by atoms with Crippen molar-refractivity contribution in [2.45, 2.75) is 6.92 Å². The van der Waals surface area contributed by atoms with Gasteiger partial charge in [0.25, 0.3) is 0 Å². The number of aliphatic hydroxyl groups excluding tert-OH is 1. The highest BCUT2D eigenvalue weighted by Gasteiger charge is 1.85. The van der Waals surface area contributed by atoms with Gasteiger partial charge in [0.1, 0.15) is 0 Å². The van der Waals surface area contributed by atoms with Gasteiger partial charge < -0.3 is 5.11 Å². The van der Waals surface area contributed by atoms with Crippen molar-refractivity contribution in [2.75, 3.05) is 6.61 Å². The van der Waals surface area contributed by atoms with Gasteiger partial charge in [0.15, 0.2) is 0 Å². The lowest BCUT2D eigenvalue weighted by atomic mass is 10.1. The van der Waals surface area contributed by atoms with Gasteiger partial charge in [-0.2, -0.15) is 8.42 Å². The molecule has 0 aliphatic carbocycles. The Bertz CT molecular complexity index is 478. The first kappa shape index (κ1) is 16.5. The lowest BCUT2D eigenvalue weighted by Crippen LogP contribution is -1.89. The van der Waals surface area contributed by atoms with E-state index < -0.39 is 10.4 Å². The Hall–Kier alpha value is -1.47. The average molecular weight is 272 g/mol. The van der Waals surface area contributed by atoms with Crippen LogP contribution in [0.15, 0.2) is 48.5 Å². The van der Waals surface area contributed by atoms with Gasteiger partial charge in [-0.05, 0) is 17.7 Å². The van der Waals surface area contributed by atoms with Gasteiger partial charge in [0, 0.05) is 6.61 Å². The number of rotatable bonds is 0. The molecule has 0 aromatic heterocycles. The molecule has 0 saturated carbocycles. The quantitative estimate of drug-likeness (QED) is 0.639. The molecule has 6 heteroatoms. The minimum absolute atomic E-state index is 0.250. The van der Waals surface area contributed by atoms with Crippen LogP contribution in [0.5, 0.6) is 0 Å². The molecule has 0 radical (unpaired) electrons. The van der Waals surface area contributed by atoms with E-state index in [1.807, 2.05) is 0 Å². The highest BCUT2D eigenvalue weighted by Crippen LogP contribution is 2.11. The molecule has 2 rings (SSSR count). The van der Waals surface area contributed by atoms with E-state index in [9.17, 15) is 0 Å². The Morgan fingerprint density at radius 1 is 0.889 bits per heavy atom. The Morgan fingerprint density at radius 3 is 1.22 bits per heavy atom. The molecule has 2 aromatic carbocycles. The van der Waals surface area contributed by atoms with Crippen molar-refractivity contribution < 1.29 is 22.6 Å². The predicted molar refractivity (Wildman–Crippen MR) is 70.9 cm³/mol. The number of aliphatic hydroxyl groups is 1. The van der Waals surface area contributed by atoms with Crippen LogP contribution in [0.2, 0.25) is 0 Å². The summed E-state index contributed by atoms with van der Waals surface area (Å²) in [4.78, 5) is 0. The monoisotopic (exact) mass is 272 g/mol. The normalized spacial score (nSPS) is 9.78. The van der Waals surface area contributed by atoms with Gasteiger partial charge in [-0.1, -0.05) is 48.5 Å². The van der Waals surface area contributed by atoms with Crippen molar-refractivity contribution in [3.63, 3.8) is 0 Å². The van der Waals surface area contributed by atoms with Crippen molar-refractivity contribution >= 4 is 21.2 Å². The van der Waals surface area contributed by atoms with Crippen LogP contribution < -0.4 is 0 Å². The van der Waals surface area contributed by atoms with E-state index >= 15 is 0 Å². The van der Waals surface area contributed by atoms with Crippen LogP contribution in [-0.4, -0.2) is 29.2 Å². The molecule has 0 spiro atoms. The molecule has 3 N–H and O–H groups in total. The Kier molecular flexibility index (Phi) is 7.89. The van der Waals surface area contributed by atoms with Crippen LogP contribution in [0, 0.1) is 0 Å². The largest absolute Gasteiger partial charge is 0.397 e. The average Bonchev–Trinajstić information content (AvgIpc) is 2.28. The molecule has 5 nitrogen and oxygen atoms in total. The van der Waals surface area contributed by atoms with Crippen LogP contribution >= 0.6 is 0 Å². The highest BCUT2D eigenvalue weighted by atomic mass is 32.3. The summed E-state index contributed by atoms with van der Waals surface area (Å²) in [6.45, 7) is 1.93. The van der Waals surface area contributed by atoms with Crippen LogP contribution in [0.25, 0.3) is 10.8 Å². The number of benzene rings is 2. The molecule has 0 aliphatic heterocycles. The van der Waals surface area contributed by atoms with Crippen molar-refractivity contribution in [3.05, 3.63) is 48.5 Å². The third kappa shape index (κ3) is 9.73. The molecule has 0 atom stereocenters. The van der Waals surface area contributed by atoms with E-state index in [1.54, 1.807) is 6.92 Å².